The first-order valence-electron chi connectivity index (χ1n) is 7.68. The summed E-state index contributed by atoms with van der Waals surface area (Å²) in [4.78, 5) is 29.7. The first kappa shape index (κ1) is 14.5. The molecule has 114 valence electrons. The Kier molecular flexibility index (Phi) is 4.32. The summed E-state index contributed by atoms with van der Waals surface area (Å²) in [7, 11) is 0. The van der Waals surface area contributed by atoms with Gasteiger partial charge in [-0.2, -0.15) is 0 Å². The molecule has 3 rings (SSSR count). The van der Waals surface area contributed by atoms with E-state index in [1.54, 1.807) is 30.5 Å². The molecule has 5 heteroatoms. The van der Waals surface area contributed by atoms with Crippen molar-refractivity contribution < 1.29 is 9.59 Å². The largest absolute Gasteiger partial charge is 0.337 e. The molecule has 0 bridgehead atoms. The van der Waals surface area contributed by atoms with Crippen LogP contribution in [0.15, 0.2) is 43.0 Å². The fourth-order valence-corrected chi connectivity index (χ4v) is 2.78. The summed E-state index contributed by atoms with van der Waals surface area (Å²) < 4.78 is 2.06. The molecule has 2 amide bonds. The van der Waals surface area contributed by atoms with Crippen molar-refractivity contribution in [2.75, 3.05) is 6.54 Å². The Morgan fingerprint density at radius 1 is 0.864 bits per heavy atom. The van der Waals surface area contributed by atoms with Crippen LogP contribution in [-0.4, -0.2) is 32.8 Å². The summed E-state index contributed by atoms with van der Waals surface area (Å²) in [6.45, 7) is 1.48. The van der Waals surface area contributed by atoms with Gasteiger partial charge in [0.15, 0.2) is 0 Å². The Labute approximate surface area is 129 Å². The maximum Gasteiger partial charge on any atom is 0.261 e. The molecule has 0 N–H and O–H groups in total. The molecule has 0 spiro atoms. The molecule has 1 aliphatic heterocycles. The maximum absolute atomic E-state index is 12.2. The molecule has 0 fully saturated rings. The Morgan fingerprint density at radius 2 is 1.50 bits per heavy atom. The predicted molar refractivity (Wildman–Crippen MR) is 82.5 cm³/mol. The third-order valence-electron chi connectivity index (χ3n) is 3.99. The van der Waals surface area contributed by atoms with Crippen LogP contribution < -0.4 is 0 Å². The van der Waals surface area contributed by atoms with Gasteiger partial charge in [-0.05, 0) is 25.0 Å². The number of aromatic nitrogens is 2. The molecule has 2 heterocycles. The van der Waals surface area contributed by atoms with Gasteiger partial charge in [-0.1, -0.05) is 25.0 Å². The number of carbonyl (C=O) groups excluding carboxylic acids is 2. The number of unbranched alkanes of at least 4 members (excludes halogenated alkanes) is 3. The van der Waals surface area contributed by atoms with E-state index in [9.17, 15) is 9.59 Å². The van der Waals surface area contributed by atoms with Gasteiger partial charge in [0.1, 0.15) is 0 Å². The van der Waals surface area contributed by atoms with Gasteiger partial charge in [0.25, 0.3) is 11.8 Å². The molecular formula is C17H19N3O2. The van der Waals surface area contributed by atoms with Crippen LogP contribution in [0.3, 0.4) is 0 Å². The Balaban J connectivity index is 1.41. The van der Waals surface area contributed by atoms with Crippen LogP contribution >= 0.6 is 0 Å². The van der Waals surface area contributed by atoms with Gasteiger partial charge < -0.3 is 4.57 Å². The van der Waals surface area contributed by atoms with E-state index in [0.29, 0.717) is 17.7 Å². The van der Waals surface area contributed by atoms with Crippen molar-refractivity contribution in [3.05, 3.63) is 54.1 Å². The highest BCUT2D eigenvalue weighted by Gasteiger charge is 2.34. The highest BCUT2D eigenvalue weighted by atomic mass is 16.2. The van der Waals surface area contributed by atoms with Crippen LogP contribution in [-0.2, 0) is 6.54 Å². The van der Waals surface area contributed by atoms with Crippen LogP contribution in [0.25, 0.3) is 0 Å². The zero-order chi connectivity index (χ0) is 15.4. The van der Waals surface area contributed by atoms with Crippen LogP contribution in [0.1, 0.15) is 46.4 Å². The first-order valence-corrected chi connectivity index (χ1v) is 7.68. The number of hydrogen-bond donors (Lipinski definition) is 0. The van der Waals surface area contributed by atoms with Gasteiger partial charge in [-0.3, -0.25) is 14.5 Å². The topological polar surface area (TPSA) is 55.2 Å². The second kappa shape index (κ2) is 6.56. The highest BCUT2D eigenvalue weighted by molar-refractivity contribution is 6.21. The molecule has 1 aromatic heterocycles. The van der Waals surface area contributed by atoms with Crippen molar-refractivity contribution >= 4 is 11.8 Å². The minimum absolute atomic E-state index is 0.154. The Bertz CT molecular complexity index is 629. The summed E-state index contributed by atoms with van der Waals surface area (Å²) in [6, 6.07) is 7.04. The summed E-state index contributed by atoms with van der Waals surface area (Å²) in [5.74, 6) is -0.307. The van der Waals surface area contributed by atoms with Crippen molar-refractivity contribution in [2.45, 2.75) is 32.2 Å². The second-order valence-electron chi connectivity index (χ2n) is 5.52. The van der Waals surface area contributed by atoms with Crippen molar-refractivity contribution in [3.8, 4) is 0 Å². The number of nitrogens with zero attached hydrogens (tertiary/aromatic N) is 3. The number of benzene rings is 1. The monoisotopic (exact) mass is 297 g/mol. The lowest BCUT2D eigenvalue weighted by Crippen LogP contribution is -2.30. The molecule has 1 aromatic carbocycles. The Hall–Kier alpha value is -2.43. The summed E-state index contributed by atoms with van der Waals surface area (Å²) >= 11 is 0. The normalized spacial score (nSPS) is 13.7. The number of imide groups is 1. The number of imidazole rings is 1. The highest BCUT2D eigenvalue weighted by Crippen LogP contribution is 2.22. The van der Waals surface area contributed by atoms with Crippen LogP contribution in [0, 0.1) is 0 Å². The zero-order valence-corrected chi connectivity index (χ0v) is 12.4. The van der Waals surface area contributed by atoms with Gasteiger partial charge in [0, 0.05) is 25.5 Å². The van der Waals surface area contributed by atoms with E-state index in [4.69, 9.17) is 0 Å². The molecule has 1 aliphatic rings. The van der Waals surface area contributed by atoms with Gasteiger partial charge in [-0.15, -0.1) is 0 Å². The number of rotatable bonds is 7. The van der Waals surface area contributed by atoms with Crippen LogP contribution in [0.5, 0.6) is 0 Å². The lowest BCUT2D eigenvalue weighted by atomic mass is 10.1. The van der Waals surface area contributed by atoms with E-state index in [1.165, 1.54) is 4.90 Å². The summed E-state index contributed by atoms with van der Waals surface area (Å²) in [6.07, 6.45) is 9.59. The standard InChI is InChI=1S/C17H19N3O2/c21-16-14-7-3-4-8-15(14)17(22)20(16)11-6-2-1-5-10-19-12-9-18-13-19/h3-4,7-9,12-13H,1-2,5-6,10-11H2. The number of hydrogen-bond acceptors (Lipinski definition) is 3. The van der Waals surface area contributed by atoms with E-state index in [1.807, 2.05) is 12.5 Å². The second-order valence-corrected chi connectivity index (χ2v) is 5.52. The molecule has 22 heavy (non-hydrogen) atoms. The number of aryl methyl sites for hydroxylation is 1. The lowest BCUT2D eigenvalue weighted by Gasteiger charge is -2.13. The number of fused-ring (bicyclic) bond motifs is 1. The molecule has 0 unspecified atom stereocenters. The molecule has 5 nitrogen and oxygen atoms in total. The van der Waals surface area contributed by atoms with Crippen LogP contribution in [0.4, 0.5) is 0 Å². The summed E-state index contributed by atoms with van der Waals surface area (Å²) in [5, 5.41) is 0. The average Bonchev–Trinajstić information content (AvgIpc) is 3.13. The smallest absolute Gasteiger partial charge is 0.261 e. The Morgan fingerprint density at radius 3 is 2.09 bits per heavy atom. The zero-order valence-electron chi connectivity index (χ0n) is 12.4. The van der Waals surface area contributed by atoms with Gasteiger partial charge in [0.05, 0.1) is 17.5 Å². The minimum atomic E-state index is -0.154. The SMILES string of the molecule is O=C1c2ccccc2C(=O)N1CCCCCCn1ccnc1. The van der Waals surface area contributed by atoms with Gasteiger partial charge in [0.2, 0.25) is 0 Å². The molecule has 0 aliphatic carbocycles. The van der Waals surface area contributed by atoms with E-state index >= 15 is 0 Å². The maximum atomic E-state index is 12.2. The van der Waals surface area contributed by atoms with Crippen molar-refractivity contribution in [1.29, 1.82) is 0 Å². The van der Waals surface area contributed by atoms with Crippen molar-refractivity contribution in [2.24, 2.45) is 0 Å². The fraction of sp³-hybridized carbons (Fsp3) is 0.353. The summed E-state index contributed by atoms with van der Waals surface area (Å²) in [5.41, 5.74) is 1.07. The predicted octanol–water partition coefficient (Wildman–Crippen LogP) is 2.74. The average molecular weight is 297 g/mol. The third-order valence-corrected chi connectivity index (χ3v) is 3.99. The molecule has 2 aromatic rings. The van der Waals surface area contributed by atoms with E-state index in [0.717, 1.165) is 32.2 Å². The fourth-order valence-electron chi connectivity index (χ4n) is 2.78. The minimum Gasteiger partial charge on any atom is -0.337 e. The first-order chi connectivity index (χ1) is 10.8. The molecular weight excluding hydrogens is 278 g/mol. The van der Waals surface area contributed by atoms with Crippen molar-refractivity contribution in [3.63, 3.8) is 0 Å². The van der Waals surface area contributed by atoms with Crippen LogP contribution in [0.2, 0.25) is 0 Å². The third kappa shape index (κ3) is 2.93. The molecule has 0 saturated carbocycles. The molecule has 0 atom stereocenters. The molecule has 0 saturated heterocycles. The quantitative estimate of drug-likeness (QED) is 0.583. The van der Waals surface area contributed by atoms with E-state index in [-0.39, 0.29) is 11.8 Å². The number of amides is 2. The van der Waals surface area contributed by atoms with Crippen molar-refractivity contribution in [1.82, 2.24) is 14.5 Å². The van der Waals surface area contributed by atoms with Gasteiger partial charge >= 0.3 is 0 Å². The lowest BCUT2D eigenvalue weighted by molar-refractivity contribution is 0.0651. The molecule has 0 radical (unpaired) electrons. The van der Waals surface area contributed by atoms with Gasteiger partial charge in [-0.25, -0.2) is 4.98 Å². The number of carbonyl (C=O) groups is 2. The van der Waals surface area contributed by atoms with E-state index in [2.05, 4.69) is 9.55 Å². The van der Waals surface area contributed by atoms with E-state index < -0.39 is 0 Å².